The predicted molar refractivity (Wildman–Crippen MR) is 145 cm³/mol. The van der Waals surface area contributed by atoms with Crippen molar-refractivity contribution in [2.75, 3.05) is 6.61 Å². The maximum Gasteiger partial charge on any atom is 0.338 e. The van der Waals surface area contributed by atoms with Gasteiger partial charge in [0.1, 0.15) is 5.76 Å². The summed E-state index contributed by atoms with van der Waals surface area (Å²) in [7, 11) is 0. The molecule has 0 unspecified atom stereocenters. The van der Waals surface area contributed by atoms with Crippen LogP contribution in [0.5, 0.6) is 0 Å². The fourth-order valence-corrected chi connectivity index (χ4v) is 4.87. The first-order chi connectivity index (χ1) is 17.7. The van der Waals surface area contributed by atoms with Crippen LogP contribution in [-0.2, 0) is 17.0 Å². The van der Waals surface area contributed by atoms with Crippen molar-refractivity contribution < 1.29 is 13.9 Å². The molecule has 0 N–H and O–H groups in total. The highest BCUT2D eigenvalue weighted by molar-refractivity contribution is 7.98. The fourth-order valence-electron chi connectivity index (χ4n) is 3.90. The van der Waals surface area contributed by atoms with Crippen molar-refractivity contribution in [3.8, 4) is 0 Å². The number of benzene rings is 3. The summed E-state index contributed by atoms with van der Waals surface area (Å²) < 4.78 is 12.9. The summed E-state index contributed by atoms with van der Waals surface area (Å²) in [5, 5.41) is 0.871. The van der Waals surface area contributed by atoms with Crippen LogP contribution in [0.25, 0.3) is 23.2 Å². The third kappa shape index (κ3) is 5.61. The Balaban J connectivity index is 1.35. The van der Waals surface area contributed by atoms with E-state index in [0.717, 1.165) is 33.3 Å². The van der Waals surface area contributed by atoms with Gasteiger partial charge >= 0.3 is 5.97 Å². The summed E-state index contributed by atoms with van der Waals surface area (Å²) in [5.41, 5.74) is 5.76. The number of hydrogen-bond acceptors (Lipinski definition) is 5. The Kier molecular flexibility index (Phi) is 7.33. The largest absolute Gasteiger partial charge is 0.467 e. The molecule has 0 aliphatic rings. The third-order valence-electron chi connectivity index (χ3n) is 5.73. The van der Waals surface area contributed by atoms with Gasteiger partial charge in [-0.15, -0.1) is 0 Å². The van der Waals surface area contributed by atoms with E-state index in [1.54, 1.807) is 37.1 Å². The quantitative estimate of drug-likeness (QED) is 0.122. The Morgan fingerprint density at radius 3 is 2.47 bits per heavy atom. The standard InChI is InChI=1S/C30H26N2O3S/c1-2-34-29(33)25-16-17-28-27(19-25)31-30(32(28)20-26-9-6-18-35-26)36-21-24-14-12-23(13-15-24)11-10-22-7-4-3-5-8-22/h3-19H,2,20-21H2,1H3. The Labute approximate surface area is 214 Å². The molecule has 0 atom stereocenters. The maximum absolute atomic E-state index is 12.2. The summed E-state index contributed by atoms with van der Waals surface area (Å²) in [6.45, 7) is 2.70. The van der Waals surface area contributed by atoms with Gasteiger partial charge in [0.05, 0.1) is 36.0 Å². The molecule has 0 amide bonds. The average Bonchev–Trinajstić information content (AvgIpc) is 3.55. The van der Waals surface area contributed by atoms with E-state index in [0.29, 0.717) is 18.7 Å². The summed E-state index contributed by atoms with van der Waals surface area (Å²) in [5.74, 6) is 1.28. The number of thioether (sulfide) groups is 1. The average molecular weight is 495 g/mol. The number of carbonyl (C=O) groups excluding carboxylic acids is 1. The molecule has 2 heterocycles. The molecule has 0 bridgehead atoms. The zero-order chi connectivity index (χ0) is 24.7. The lowest BCUT2D eigenvalue weighted by Crippen LogP contribution is -2.04. The zero-order valence-corrected chi connectivity index (χ0v) is 20.8. The SMILES string of the molecule is CCOC(=O)c1ccc2c(c1)nc(SCc1ccc(C=Cc3ccccc3)cc1)n2Cc1ccco1. The first-order valence-corrected chi connectivity index (χ1v) is 12.8. The minimum absolute atomic E-state index is 0.337. The number of esters is 1. The van der Waals surface area contributed by atoms with E-state index in [-0.39, 0.29) is 5.97 Å². The lowest BCUT2D eigenvalue weighted by atomic mass is 10.1. The lowest BCUT2D eigenvalue weighted by Gasteiger charge is -2.08. The van der Waals surface area contributed by atoms with Crippen LogP contribution >= 0.6 is 11.8 Å². The van der Waals surface area contributed by atoms with Crippen LogP contribution in [0.2, 0.25) is 0 Å². The Bertz CT molecular complexity index is 1470. The monoisotopic (exact) mass is 494 g/mol. The number of nitrogens with zero attached hydrogens (tertiary/aromatic N) is 2. The minimum atomic E-state index is -0.337. The molecule has 3 aromatic carbocycles. The second kappa shape index (κ2) is 11.1. The topological polar surface area (TPSA) is 57.3 Å². The molecular weight excluding hydrogens is 468 g/mol. The number of rotatable bonds is 9. The number of furan rings is 1. The summed E-state index contributed by atoms with van der Waals surface area (Å²) >= 11 is 1.66. The molecule has 6 heteroatoms. The van der Waals surface area contributed by atoms with E-state index in [1.165, 1.54) is 11.1 Å². The smallest absolute Gasteiger partial charge is 0.338 e. The Morgan fingerprint density at radius 1 is 0.972 bits per heavy atom. The van der Waals surface area contributed by atoms with Crippen LogP contribution in [0.1, 0.15) is 39.7 Å². The van der Waals surface area contributed by atoms with Crippen LogP contribution < -0.4 is 0 Å². The van der Waals surface area contributed by atoms with E-state index in [4.69, 9.17) is 14.1 Å². The molecule has 180 valence electrons. The molecule has 5 nitrogen and oxygen atoms in total. The van der Waals surface area contributed by atoms with Gasteiger partial charge in [0.25, 0.3) is 0 Å². The van der Waals surface area contributed by atoms with Crippen molar-refractivity contribution in [3.05, 3.63) is 119 Å². The molecular formula is C30H26N2O3S. The lowest BCUT2D eigenvalue weighted by molar-refractivity contribution is 0.0526. The Morgan fingerprint density at radius 2 is 1.75 bits per heavy atom. The van der Waals surface area contributed by atoms with Gasteiger partial charge in [-0.3, -0.25) is 0 Å². The van der Waals surface area contributed by atoms with E-state index >= 15 is 0 Å². The number of hydrogen-bond donors (Lipinski definition) is 0. The first kappa shape index (κ1) is 23.7. The molecule has 0 spiro atoms. The molecule has 0 saturated carbocycles. The number of fused-ring (bicyclic) bond motifs is 1. The maximum atomic E-state index is 12.2. The highest BCUT2D eigenvalue weighted by Crippen LogP contribution is 2.29. The van der Waals surface area contributed by atoms with Gasteiger partial charge in [-0.2, -0.15) is 0 Å². The van der Waals surface area contributed by atoms with Crippen molar-refractivity contribution >= 4 is 40.9 Å². The molecule has 0 radical (unpaired) electrons. The van der Waals surface area contributed by atoms with Crippen molar-refractivity contribution in [2.45, 2.75) is 24.4 Å². The van der Waals surface area contributed by atoms with Gasteiger partial charge < -0.3 is 13.7 Å². The number of aromatic nitrogens is 2. The van der Waals surface area contributed by atoms with E-state index < -0.39 is 0 Å². The predicted octanol–water partition coefficient (Wildman–Crippen LogP) is 7.32. The second-order valence-corrected chi connectivity index (χ2v) is 9.20. The number of ether oxygens (including phenoxy) is 1. The van der Waals surface area contributed by atoms with E-state index in [1.807, 2.05) is 36.4 Å². The fraction of sp³-hybridized carbons (Fsp3) is 0.133. The summed E-state index contributed by atoms with van der Waals surface area (Å²) in [6.07, 6.45) is 5.91. The molecule has 0 saturated heterocycles. The summed E-state index contributed by atoms with van der Waals surface area (Å²) in [4.78, 5) is 17.1. The van der Waals surface area contributed by atoms with Crippen molar-refractivity contribution in [3.63, 3.8) is 0 Å². The summed E-state index contributed by atoms with van der Waals surface area (Å²) in [6, 6.07) is 28.2. The second-order valence-electron chi connectivity index (χ2n) is 8.26. The highest BCUT2D eigenvalue weighted by atomic mass is 32.2. The number of imidazole rings is 1. The normalized spacial score (nSPS) is 11.4. The molecule has 0 fully saturated rings. The molecule has 36 heavy (non-hydrogen) atoms. The van der Waals surface area contributed by atoms with Crippen LogP contribution in [0.3, 0.4) is 0 Å². The van der Waals surface area contributed by atoms with Gasteiger partial charge in [0.2, 0.25) is 0 Å². The highest BCUT2D eigenvalue weighted by Gasteiger charge is 2.16. The van der Waals surface area contributed by atoms with Crippen molar-refractivity contribution in [1.82, 2.24) is 9.55 Å². The van der Waals surface area contributed by atoms with Gasteiger partial charge in [-0.05, 0) is 53.9 Å². The van der Waals surface area contributed by atoms with Crippen LogP contribution in [0, 0.1) is 0 Å². The number of carbonyl (C=O) groups is 1. The first-order valence-electron chi connectivity index (χ1n) is 11.8. The van der Waals surface area contributed by atoms with Crippen molar-refractivity contribution in [1.29, 1.82) is 0 Å². The Hall–Kier alpha value is -4.03. The molecule has 0 aliphatic heterocycles. The van der Waals surface area contributed by atoms with E-state index in [9.17, 15) is 4.79 Å². The molecule has 0 aliphatic carbocycles. The molecule has 5 aromatic rings. The van der Waals surface area contributed by atoms with E-state index in [2.05, 4.69) is 53.1 Å². The van der Waals surface area contributed by atoms with Crippen molar-refractivity contribution in [2.24, 2.45) is 0 Å². The van der Waals surface area contributed by atoms with Gasteiger partial charge in [-0.25, -0.2) is 9.78 Å². The van der Waals surface area contributed by atoms with Crippen LogP contribution in [0.15, 0.2) is 101 Å². The van der Waals surface area contributed by atoms with Crippen LogP contribution in [0.4, 0.5) is 0 Å². The van der Waals surface area contributed by atoms with Gasteiger partial charge in [0, 0.05) is 5.75 Å². The third-order valence-corrected chi connectivity index (χ3v) is 6.78. The minimum Gasteiger partial charge on any atom is -0.467 e. The van der Waals surface area contributed by atoms with Gasteiger partial charge in [-0.1, -0.05) is 78.5 Å². The van der Waals surface area contributed by atoms with Crippen LogP contribution in [-0.4, -0.2) is 22.1 Å². The molecule has 5 rings (SSSR count). The van der Waals surface area contributed by atoms with Gasteiger partial charge in [0.15, 0.2) is 5.16 Å². The zero-order valence-electron chi connectivity index (χ0n) is 20.0. The molecule has 2 aromatic heterocycles.